The third-order valence-electron chi connectivity index (χ3n) is 1.37. The molecule has 0 bridgehead atoms. The van der Waals surface area contributed by atoms with Crippen LogP contribution in [0.25, 0.3) is 0 Å². The number of carboxylic acids is 1. The minimum atomic E-state index is -1.32. The van der Waals surface area contributed by atoms with E-state index in [1.54, 1.807) is 0 Å². The molecule has 1 rings (SSSR count). The lowest BCUT2D eigenvalue weighted by molar-refractivity contribution is 0.0694. The highest BCUT2D eigenvalue weighted by atomic mass is 35.5. The van der Waals surface area contributed by atoms with Crippen molar-refractivity contribution in [2.45, 2.75) is 0 Å². The molecule has 2 N–H and O–H groups in total. The molecular formula is C7H3Cl3O3. The van der Waals surface area contributed by atoms with Gasteiger partial charge in [0.25, 0.3) is 0 Å². The number of carbonyl (C=O) groups is 1. The first-order chi connectivity index (χ1) is 5.95. The molecule has 0 radical (unpaired) electrons. The van der Waals surface area contributed by atoms with Crippen LogP contribution in [0.3, 0.4) is 0 Å². The van der Waals surface area contributed by atoms with E-state index < -0.39 is 11.7 Å². The first kappa shape index (κ1) is 10.4. The van der Waals surface area contributed by atoms with Gasteiger partial charge < -0.3 is 10.2 Å². The number of aromatic carboxylic acids is 1. The van der Waals surface area contributed by atoms with E-state index in [0.29, 0.717) is 0 Å². The van der Waals surface area contributed by atoms with E-state index >= 15 is 0 Å². The summed E-state index contributed by atoms with van der Waals surface area (Å²) in [6.45, 7) is 0. The molecule has 0 saturated heterocycles. The van der Waals surface area contributed by atoms with Crippen LogP contribution in [-0.2, 0) is 0 Å². The maximum atomic E-state index is 10.5. The lowest BCUT2D eigenvalue weighted by Crippen LogP contribution is -1.97. The second kappa shape index (κ2) is 3.62. The maximum Gasteiger partial charge on any atom is 0.339 e. The molecule has 0 aliphatic heterocycles. The summed E-state index contributed by atoms with van der Waals surface area (Å²) >= 11 is 16.6. The molecule has 0 spiro atoms. The van der Waals surface area contributed by atoms with Crippen LogP contribution >= 0.6 is 34.8 Å². The monoisotopic (exact) mass is 240 g/mol. The average Bonchev–Trinajstić information content (AvgIpc) is 2.07. The quantitative estimate of drug-likeness (QED) is 0.743. The van der Waals surface area contributed by atoms with E-state index in [-0.39, 0.29) is 20.6 Å². The Bertz CT molecular complexity index is 376. The van der Waals surface area contributed by atoms with Crippen molar-refractivity contribution < 1.29 is 15.0 Å². The van der Waals surface area contributed by atoms with Gasteiger partial charge in [0, 0.05) is 0 Å². The first-order valence-corrected chi connectivity index (χ1v) is 4.18. The number of phenols is 1. The van der Waals surface area contributed by atoms with E-state index in [9.17, 15) is 9.90 Å². The van der Waals surface area contributed by atoms with Crippen LogP contribution in [-0.4, -0.2) is 16.2 Å². The predicted molar refractivity (Wildman–Crippen MR) is 50.1 cm³/mol. The molecule has 0 fully saturated rings. The van der Waals surface area contributed by atoms with Gasteiger partial charge in [0.1, 0.15) is 16.3 Å². The van der Waals surface area contributed by atoms with E-state index in [1.807, 2.05) is 0 Å². The minimum absolute atomic E-state index is 0.0122. The Morgan fingerprint density at radius 1 is 1.23 bits per heavy atom. The topological polar surface area (TPSA) is 57.5 Å². The first-order valence-electron chi connectivity index (χ1n) is 3.05. The molecule has 1 aromatic carbocycles. The van der Waals surface area contributed by atoms with Crippen LogP contribution in [0, 0.1) is 0 Å². The van der Waals surface area contributed by atoms with E-state index in [2.05, 4.69) is 0 Å². The number of hydrogen-bond acceptors (Lipinski definition) is 2. The van der Waals surface area contributed by atoms with Gasteiger partial charge in [-0.15, -0.1) is 0 Å². The molecule has 1 aromatic rings. The summed E-state index contributed by atoms with van der Waals surface area (Å²) in [7, 11) is 0. The summed E-state index contributed by atoms with van der Waals surface area (Å²) in [6, 6.07) is 1.04. The van der Waals surface area contributed by atoms with Crippen molar-refractivity contribution in [1.29, 1.82) is 0 Å². The Kier molecular flexibility index (Phi) is 2.91. The summed E-state index contributed by atoms with van der Waals surface area (Å²) in [5.41, 5.74) is -0.376. The second-order valence-corrected chi connectivity index (χ2v) is 3.35. The number of carboxylic acid groups (broad SMARTS) is 1. The number of benzene rings is 1. The van der Waals surface area contributed by atoms with Gasteiger partial charge in [0.05, 0.1) is 10.0 Å². The van der Waals surface area contributed by atoms with Gasteiger partial charge in [-0.3, -0.25) is 0 Å². The Balaban J connectivity index is 3.50. The van der Waals surface area contributed by atoms with Crippen molar-refractivity contribution in [3.05, 3.63) is 26.7 Å². The number of hydrogen-bond donors (Lipinski definition) is 2. The highest BCUT2D eigenvalue weighted by molar-refractivity contribution is 6.49. The Labute approximate surface area is 88.5 Å². The van der Waals surface area contributed by atoms with Crippen LogP contribution < -0.4 is 0 Å². The number of rotatable bonds is 1. The van der Waals surface area contributed by atoms with Crippen molar-refractivity contribution in [3.8, 4) is 5.75 Å². The normalized spacial score (nSPS) is 10.1. The molecule has 0 amide bonds. The van der Waals surface area contributed by atoms with Gasteiger partial charge in [0.15, 0.2) is 0 Å². The predicted octanol–water partition coefficient (Wildman–Crippen LogP) is 3.05. The molecule has 13 heavy (non-hydrogen) atoms. The van der Waals surface area contributed by atoms with Crippen LogP contribution in [0.15, 0.2) is 6.07 Å². The van der Waals surface area contributed by atoms with Crippen LogP contribution in [0.2, 0.25) is 15.1 Å². The molecule has 3 nitrogen and oxygen atoms in total. The van der Waals surface area contributed by atoms with Crippen LogP contribution in [0.4, 0.5) is 0 Å². The van der Waals surface area contributed by atoms with Gasteiger partial charge >= 0.3 is 5.97 Å². The Hall–Kier alpha value is -0.640. The van der Waals surface area contributed by atoms with E-state index in [1.165, 1.54) is 0 Å². The molecule has 0 atom stereocenters. The van der Waals surface area contributed by atoms with Crippen molar-refractivity contribution >= 4 is 40.8 Å². The molecule has 0 unspecified atom stereocenters. The summed E-state index contributed by atoms with van der Waals surface area (Å²) in [5.74, 6) is -1.90. The van der Waals surface area contributed by atoms with Gasteiger partial charge in [-0.2, -0.15) is 0 Å². The lowest BCUT2D eigenvalue weighted by Gasteiger charge is -2.04. The van der Waals surface area contributed by atoms with Crippen molar-refractivity contribution in [2.24, 2.45) is 0 Å². The molecule has 0 saturated carbocycles. The molecule has 0 aliphatic carbocycles. The molecule has 70 valence electrons. The smallest absolute Gasteiger partial charge is 0.339 e. The molecule has 0 heterocycles. The second-order valence-electron chi connectivity index (χ2n) is 2.19. The van der Waals surface area contributed by atoms with Gasteiger partial charge in [-0.25, -0.2) is 4.79 Å². The maximum absolute atomic E-state index is 10.5. The van der Waals surface area contributed by atoms with E-state index in [4.69, 9.17) is 39.9 Å². The Morgan fingerprint density at radius 2 is 1.77 bits per heavy atom. The van der Waals surface area contributed by atoms with Gasteiger partial charge in [-0.05, 0) is 6.07 Å². The summed E-state index contributed by atoms with van der Waals surface area (Å²) < 4.78 is 0. The summed E-state index contributed by atoms with van der Waals surface area (Å²) in [4.78, 5) is 10.5. The third kappa shape index (κ3) is 1.82. The zero-order chi connectivity index (χ0) is 10.2. The molecular weight excluding hydrogens is 238 g/mol. The molecule has 0 aliphatic rings. The fraction of sp³-hybridized carbons (Fsp3) is 0. The SMILES string of the molecule is O=C(O)c1cc(Cl)c(Cl)c(Cl)c1O. The minimum Gasteiger partial charge on any atom is -0.505 e. The zero-order valence-electron chi connectivity index (χ0n) is 6.01. The standard InChI is InChI=1S/C7H3Cl3O3/c8-3-1-2(7(12)13)6(11)5(10)4(3)9/h1,11H,(H,12,13). The summed E-state index contributed by atoms with van der Waals surface area (Å²) in [5, 5.41) is 17.5. The third-order valence-corrected chi connectivity index (χ3v) is 2.62. The van der Waals surface area contributed by atoms with Gasteiger partial charge in [-0.1, -0.05) is 34.8 Å². The number of halogens is 3. The zero-order valence-corrected chi connectivity index (χ0v) is 8.28. The van der Waals surface area contributed by atoms with Crippen molar-refractivity contribution in [1.82, 2.24) is 0 Å². The Morgan fingerprint density at radius 3 is 2.23 bits per heavy atom. The summed E-state index contributed by atoms with van der Waals surface area (Å²) in [6.07, 6.45) is 0. The fourth-order valence-corrected chi connectivity index (χ4v) is 1.35. The molecule has 6 heteroatoms. The molecule has 0 aromatic heterocycles. The van der Waals surface area contributed by atoms with Crippen molar-refractivity contribution in [2.75, 3.05) is 0 Å². The highest BCUT2D eigenvalue weighted by Crippen LogP contribution is 2.39. The van der Waals surface area contributed by atoms with Gasteiger partial charge in [0.2, 0.25) is 0 Å². The van der Waals surface area contributed by atoms with Crippen molar-refractivity contribution in [3.63, 3.8) is 0 Å². The number of aromatic hydroxyl groups is 1. The lowest BCUT2D eigenvalue weighted by atomic mass is 10.2. The largest absolute Gasteiger partial charge is 0.505 e. The van der Waals surface area contributed by atoms with E-state index in [0.717, 1.165) is 6.07 Å². The van der Waals surface area contributed by atoms with Crippen LogP contribution in [0.1, 0.15) is 10.4 Å². The average molecular weight is 241 g/mol. The fourth-order valence-electron chi connectivity index (χ4n) is 0.748. The highest BCUT2D eigenvalue weighted by Gasteiger charge is 2.18. The van der Waals surface area contributed by atoms with Crippen LogP contribution in [0.5, 0.6) is 5.75 Å².